The number of morpholine rings is 1. The van der Waals surface area contributed by atoms with Gasteiger partial charge in [0.15, 0.2) is 0 Å². The Morgan fingerprint density at radius 1 is 1.39 bits per heavy atom. The monoisotopic (exact) mass is 318 g/mol. The number of nitrogens with zero attached hydrogens (tertiary/aromatic N) is 3. The average Bonchev–Trinajstić information content (AvgIpc) is 2.63. The molecule has 23 heavy (non-hydrogen) atoms. The molecule has 0 bridgehead atoms. The van der Waals surface area contributed by atoms with E-state index in [1.165, 1.54) is 0 Å². The second-order valence-electron chi connectivity index (χ2n) is 5.25. The summed E-state index contributed by atoms with van der Waals surface area (Å²) in [4.78, 5) is 11.1. The molecule has 0 spiro atoms. The van der Waals surface area contributed by atoms with E-state index in [1.807, 2.05) is 18.2 Å². The largest absolute Gasteiger partial charge is 0.489 e. The summed E-state index contributed by atoms with van der Waals surface area (Å²) in [6.07, 6.45) is 2.26. The Balaban J connectivity index is 1.75. The molecule has 2 heterocycles. The summed E-state index contributed by atoms with van der Waals surface area (Å²) in [5.41, 5.74) is 6.65. The van der Waals surface area contributed by atoms with Gasteiger partial charge in [-0.05, 0) is 18.2 Å². The molecule has 1 aliphatic rings. The second kappa shape index (κ2) is 7.34. The number of aromatic nitrogens is 2. The molecule has 1 aromatic heterocycles. The first kappa shape index (κ1) is 15.6. The third kappa shape index (κ3) is 3.75. The van der Waals surface area contributed by atoms with E-state index in [9.17, 15) is 4.39 Å². The summed E-state index contributed by atoms with van der Waals surface area (Å²) in [6.45, 7) is 3.25. The number of halogens is 1. The van der Waals surface area contributed by atoms with Gasteiger partial charge in [-0.25, -0.2) is 14.4 Å². The third-order valence-electron chi connectivity index (χ3n) is 3.67. The molecule has 0 atom stereocenters. The summed E-state index contributed by atoms with van der Waals surface area (Å²) in [5, 5.41) is 0.873. The van der Waals surface area contributed by atoms with Crippen LogP contribution in [0.1, 0.15) is 0 Å². The van der Waals surface area contributed by atoms with Gasteiger partial charge < -0.3 is 20.1 Å². The van der Waals surface area contributed by atoms with Crippen LogP contribution in [0, 0.1) is 0 Å². The van der Waals surface area contributed by atoms with Gasteiger partial charge in [0.25, 0.3) is 0 Å². The van der Waals surface area contributed by atoms with E-state index in [1.54, 1.807) is 6.20 Å². The van der Waals surface area contributed by atoms with Crippen LogP contribution in [0.5, 0.6) is 5.75 Å². The lowest BCUT2D eigenvalue weighted by molar-refractivity contribution is 0.122. The number of fused-ring (bicyclic) bond motifs is 1. The van der Waals surface area contributed by atoms with Gasteiger partial charge in [-0.3, -0.25) is 0 Å². The molecule has 1 saturated heterocycles. The number of ether oxygens (including phenoxy) is 2. The van der Waals surface area contributed by atoms with Gasteiger partial charge in [0, 0.05) is 36.8 Å². The number of hydrogen-bond donors (Lipinski definition) is 1. The van der Waals surface area contributed by atoms with Gasteiger partial charge in [-0.15, -0.1) is 0 Å². The first-order chi connectivity index (χ1) is 11.3. The Bertz CT molecular complexity index is 702. The maximum absolute atomic E-state index is 12.5. The Morgan fingerprint density at radius 2 is 2.22 bits per heavy atom. The van der Waals surface area contributed by atoms with Crippen molar-refractivity contribution in [3.05, 3.63) is 36.3 Å². The number of nitrogens with two attached hydrogens (primary N) is 1. The number of benzene rings is 1. The van der Waals surface area contributed by atoms with Crippen LogP contribution in [-0.2, 0) is 4.74 Å². The molecule has 122 valence electrons. The zero-order chi connectivity index (χ0) is 16.1. The first-order valence-corrected chi connectivity index (χ1v) is 7.50. The molecule has 0 amide bonds. The highest BCUT2D eigenvalue weighted by molar-refractivity contribution is 5.80. The summed E-state index contributed by atoms with van der Waals surface area (Å²) in [5.74, 6) is 1.34. The van der Waals surface area contributed by atoms with Gasteiger partial charge in [0.2, 0.25) is 5.95 Å². The standard InChI is InChI=1S/C16H19FN4O2/c17-8-12(9-18)11-23-14-1-2-15-13(7-14)10-19-16(20-15)21-3-5-22-6-4-21/h1-2,7-8,10H,3-6,9,11,18H2/b12-8+. The van der Waals surface area contributed by atoms with Gasteiger partial charge >= 0.3 is 0 Å². The van der Waals surface area contributed by atoms with Crippen LogP contribution in [0.25, 0.3) is 10.9 Å². The number of rotatable bonds is 5. The van der Waals surface area contributed by atoms with E-state index in [4.69, 9.17) is 15.2 Å². The van der Waals surface area contributed by atoms with Crippen LogP contribution >= 0.6 is 0 Å². The maximum Gasteiger partial charge on any atom is 0.226 e. The van der Waals surface area contributed by atoms with Crippen molar-refractivity contribution in [2.45, 2.75) is 0 Å². The van der Waals surface area contributed by atoms with Crippen molar-refractivity contribution in [1.29, 1.82) is 0 Å². The lowest BCUT2D eigenvalue weighted by Gasteiger charge is -2.26. The average molecular weight is 318 g/mol. The first-order valence-electron chi connectivity index (χ1n) is 7.50. The summed E-state index contributed by atoms with van der Waals surface area (Å²) >= 11 is 0. The Morgan fingerprint density at radius 3 is 2.96 bits per heavy atom. The highest BCUT2D eigenvalue weighted by atomic mass is 19.1. The molecule has 0 aliphatic carbocycles. The quantitative estimate of drug-likeness (QED) is 0.904. The number of anilines is 1. The lowest BCUT2D eigenvalue weighted by atomic mass is 10.2. The van der Waals surface area contributed by atoms with Crippen molar-refractivity contribution in [3.63, 3.8) is 0 Å². The van der Waals surface area contributed by atoms with Crippen molar-refractivity contribution in [1.82, 2.24) is 9.97 Å². The Labute approximate surface area is 133 Å². The van der Waals surface area contributed by atoms with Gasteiger partial charge in [-0.2, -0.15) is 0 Å². The van der Waals surface area contributed by atoms with Crippen molar-refractivity contribution < 1.29 is 13.9 Å². The molecular weight excluding hydrogens is 299 g/mol. The molecule has 0 unspecified atom stereocenters. The lowest BCUT2D eigenvalue weighted by Crippen LogP contribution is -2.37. The molecule has 6 nitrogen and oxygen atoms in total. The molecule has 1 aromatic carbocycles. The van der Waals surface area contributed by atoms with Crippen molar-refractivity contribution in [2.24, 2.45) is 5.73 Å². The topological polar surface area (TPSA) is 73.5 Å². The van der Waals surface area contributed by atoms with E-state index >= 15 is 0 Å². The van der Waals surface area contributed by atoms with Crippen LogP contribution in [0.2, 0.25) is 0 Å². The van der Waals surface area contributed by atoms with E-state index in [0.717, 1.165) is 24.0 Å². The van der Waals surface area contributed by atoms with Crippen LogP contribution in [0.4, 0.5) is 10.3 Å². The zero-order valence-corrected chi connectivity index (χ0v) is 12.7. The fraction of sp³-hybridized carbons (Fsp3) is 0.375. The molecule has 0 saturated carbocycles. The predicted molar refractivity (Wildman–Crippen MR) is 86.3 cm³/mol. The minimum Gasteiger partial charge on any atom is -0.489 e. The third-order valence-corrected chi connectivity index (χ3v) is 3.67. The van der Waals surface area contributed by atoms with Gasteiger partial charge in [0.05, 0.1) is 25.1 Å². The fourth-order valence-electron chi connectivity index (χ4n) is 2.32. The van der Waals surface area contributed by atoms with Crippen LogP contribution in [0.15, 0.2) is 36.3 Å². The Hall–Kier alpha value is -2.25. The molecule has 2 aromatic rings. The summed E-state index contributed by atoms with van der Waals surface area (Å²) < 4.78 is 23.3. The Kier molecular flexibility index (Phi) is 4.99. The number of hydrogen-bond acceptors (Lipinski definition) is 6. The van der Waals surface area contributed by atoms with Gasteiger partial charge in [-0.1, -0.05) is 0 Å². The minimum atomic E-state index is 0.130. The summed E-state index contributed by atoms with van der Waals surface area (Å²) in [6, 6.07) is 5.52. The second-order valence-corrected chi connectivity index (χ2v) is 5.25. The van der Waals surface area contributed by atoms with Crippen molar-refractivity contribution in [3.8, 4) is 5.75 Å². The van der Waals surface area contributed by atoms with Crippen LogP contribution in [-0.4, -0.2) is 49.4 Å². The van der Waals surface area contributed by atoms with Crippen molar-refractivity contribution in [2.75, 3.05) is 44.4 Å². The molecule has 2 N–H and O–H groups in total. The van der Waals surface area contributed by atoms with Gasteiger partial charge in [0.1, 0.15) is 12.4 Å². The molecule has 1 fully saturated rings. The molecule has 3 rings (SSSR count). The molecule has 7 heteroatoms. The highest BCUT2D eigenvalue weighted by Crippen LogP contribution is 2.21. The molecule has 0 radical (unpaired) electrons. The summed E-state index contributed by atoms with van der Waals surface area (Å²) in [7, 11) is 0. The smallest absolute Gasteiger partial charge is 0.226 e. The minimum absolute atomic E-state index is 0.130. The van der Waals surface area contributed by atoms with E-state index < -0.39 is 0 Å². The molecular formula is C16H19FN4O2. The zero-order valence-electron chi connectivity index (χ0n) is 12.7. The van der Waals surface area contributed by atoms with Crippen molar-refractivity contribution >= 4 is 16.9 Å². The van der Waals surface area contributed by atoms with Crippen LogP contribution < -0.4 is 15.4 Å². The van der Waals surface area contributed by atoms with E-state index in [2.05, 4.69) is 14.9 Å². The van der Waals surface area contributed by atoms with E-state index in [-0.39, 0.29) is 13.2 Å². The van der Waals surface area contributed by atoms with Crippen LogP contribution in [0.3, 0.4) is 0 Å². The van der Waals surface area contributed by atoms with E-state index in [0.29, 0.717) is 36.8 Å². The predicted octanol–water partition coefficient (Wildman–Crippen LogP) is 1.66. The molecule has 1 aliphatic heterocycles. The normalized spacial score (nSPS) is 15.9. The highest BCUT2D eigenvalue weighted by Gasteiger charge is 2.14. The fourth-order valence-corrected chi connectivity index (χ4v) is 2.32. The SMILES string of the molecule is NC/C(=C\F)COc1ccc2nc(N3CCOCC3)ncc2c1. The maximum atomic E-state index is 12.5.